The molecule has 0 saturated heterocycles. The van der Waals surface area contributed by atoms with Gasteiger partial charge < -0.3 is 4.74 Å². The summed E-state index contributed by atoms with van der Waals surface area (Å²) < 4.78 is 6.86. The third-order valence-electron chi connectivity index (χ3n) is 2.64. The number of aryl methyl sites for hydroxylation is 1. The Balaban J connectivity index is 2.21. The van der Waals surface area contributed by atoms with Crippen molar-refractivity contribution in [2.45, 2.75) is 46.0 Å². The molecule has 16 heavy (non-hydrogen) atoms. The van der Waals surface area contributed by atoms with Crippen molar-refractivity contribution < 1.29 is 4.74 Å². The molecule has 1 nitrogen and oxygen atoms in total. The van der Waals surface area contributed by atoms with Crippen LogP contribution in [0.15, 0.2) is 22.7 Å². The molecular formula is C14H21BrO. The quantitative estimate of drug-likeness (QED) is 0.633. The van der Waals surface area contributed by atoms with Crippen molar-refractivity contribution in [1.82, 2.24) is 0 Å². The van der Waals surface area contributed by atoms with Crippen LogP contribution in [0.2, 0.25) is 0 Å². The number of unbranched alkanes of at least 4 members (excludes halogenated alkanes) is 4. The molecule has 0 heterocycles. The Hall–Kier alpha value is -0.500. The average molecular weight is 285 g/mol. The number of halogens is 1. The monoisotopic (exact) mass is 284 g/mol. The summed E-state index contributed by atoms with van der Waals surface area (Å²) in [6.45, 7) is 5.16. The van der Waals surface area contributed by atoms with Gasteiger partial charge in [-0.2, -0.15) is 0 Å². The standard InChI is InChI=1S/C14H21BrO/c1-3-4-5-6-7-10-16-14-9-8-13(15)11-12(14)2/h8-9,11H,3-7,10H2,1-2H3. The molecular weight excluding hydrogens is 264 g/mol. The molecule has 0 amide bonds. The summed E-state index contributed by atoms with van der Waals surface area (Å²) in [7, 11) is 0. The van der Waals surface area contributed by atoms with Gasteiger partial charge in [-0.25, -0.2) is 0 Å². The van der Waals surface area contributed by atoms with E-state index in [-0.39, 0.29) is 0 Å². The van der Waals surface area contributed by atoms with Crippen molar-refractivity contribution in [3.8, 4) is 5.75 Å². The van der Waals surface area contributed by atoms with Gasteiger partial charge in [0.25, 0.3) is 0 Å². The zero-order valence-corrected chi connectivity index (χ0v) is 11.8. The number of hydrogen-bond acceptors (Lipinski definition) is 1. The van der Waals surface area contributed by atoms with E-state index < -0.39 is 0 Å². The lowest BCUT2D eigenvalue weighted by atomic mass is 10.2. The Kier molecular flexibility index (Phi) is 6.55. The van der Waals surface area contributed by atoms with Gasteiger partial charge in [0, 0.05) is 4.47 Å². The van der Waals surface area contributed by atoms with Crippen LogP contribution >= 0.6 is 15.9 Å². The van der Waals surface area contributed by atoms with Gasteiger partial charge in [-0.05, 0) is 37.1 Å². The van der Waals surface area contributed by atoms with Gasteiger partial charge >= 0.3 is 0 Å². The number of benzene rings is 1. The molecule has 0 spiro atoms. The van der Waals surface area contributed by atoms with Crippen LogP contribution in [0.1, 0.15) is 44.6 Å². The van der Waals surface area contributed by atoms with Crippen molar-refractivity contribution in [2.24, 2.45) is 0 Å². The van der Waals surface area contributed by atoms with Gasteiger partial charge in [0.15, 0.2) is 0 Å². The van der Waals surface area contributed by atoms with Crippen molar-refractivity contribution in [3.05, 3.63) is 28.2 Å². The van der Waals surface area contributed by atoms with Crippen LogP contribution in [-0.2, 0) is 0 Å². The molecule has 2 heteroatoms. The second-order valence-electron chi connectivity index (χ2n) is 4.17. The zero-order chi connectivity index (χ0) is 11.8. The summed E-state index contributed by atoms with van der Waals surface area (Å²) in [5.74, 6) is 1.01. The lowest BCUT2D eigenvalue weighted by Crippen LogP contribution is -1.98. The Morgan fingerprint density at radius 3 is 2.56 bits per heavy atom. The number of ether oxygens (including phenoxy) is 1. The minimum absolute atomic E-state index is 0.839. The normalized spacial score (nSPS) is 10.4. The summed E-state index contributed by atoms with van der Waals surface area (Å²) in [5, 5.41) is 0. The zero-order valence-electron chi connectivity index (χ0n) is 10.3. The molecule has 0 fully saturated rings. The van der Waals surface area contributed by atoms with E-state index in [1.807, 2.05) is 12.1 Å². The Bertz CT molecular complexity index is 310. The summed E-state index contributed by atoms with van der Waals surface area (Å²) in [6, 6.07) is 6.15. The topological polar surface area (TPSA) is 9.23 Å². The molecule has 1 rings (SSSR count). The fourth-order valence-corrected chi connectivity index (χ4v) is 2.14. The van der Waals surface area contributed by atoms with E-state index in [0.29, 0.717) is 0 Å². The second kappa shape index (κ2) is 7.72. The van der Waals surface area contributed by atoms with E-state index in [4.69, 9.17) is 4.74 Å². The first-order chi connectivity index (χ1) is 7.74. The molecule has 90 valence electrons. The lowest BCUT2D eigenvalue weighted by molar-refractivity contribution is 0.302. The smallest absolute Gasteiger partial charge is 0.122 e. The van der Waals surface area contributed by atoms with Crippen LogP contribution in [0.3, 0.4) is 0 Å². The van der Waals surface area contributed by atoms with E-state index in [1.165, 1.54) is 31.2 Å². The number of rotatable bonds is 7. The molecule has 1 aromatic carbocycles. The van der Waals surface area contributed by atoms with Gasteiger partial charge in [0.1, 0.15) is 5.75 Å². The van der Waals surface area contributed by atoms with Crippen LogP contribution in [-0.4, -0.2) is 6.61 Å². The molecule has 0 atom stereocenters. The predicted octanol–water partition coefficient (Wildman–Crippen LogP) is 5.11. The first kappa shape index (κ1) is 13.6. The van der Waals surface area contributed by atoms with Gasteiger partial charge in [0.2, 0.25) is 0 Å². The third kappa shape index (κ3) is 5.02. The van der Waals surface area contributed by atoms with Crippen LogP contribution in [0, 0.1) is 6.92 Å². The van der Waals surface area contributed by atoms with Gasteiger partial charge in [-0.15, -0.1) is 0 Å². The largest absolute Gasteiger partial charge is 0.493 e. The molecule has 0 bridgehead atoms. The predicted molar refractivity (Wildman–Crippen MR) is 73.1 cm³/mol. The van der Waals surface area contributed by atoms with Crippen molar-refractivity contribution >= 4 is 15.9 Å². The molecule has 0 aliphatic heterocycles. The molecule has 0 saturated carbocycles. The molecule has 0 aliphatic carbocycles. The van der Waals surface area contributed by atoms with E-state index in [0.717, 1.165) is 23.2 Å². The fourth-order valence-electron chi connectivity index (χ4n) is 1.66. The Morgan fingerprint density at radius 2 is 1.88 bits per heavy atom. The highest BCUT2D eigenvalue weighted by atomic mass is 79.9. The highest BCUT2D eigenvalue weighted by Crippen LogP contribution is 2.22. The van der Waals surface area contributed by atoms with E-state index >= 15 is 0 Å². The maximum Gasteiger partial charge on any atom is 0.122 e. The van der Waals surface area contributed by atoms with Crippen LogP contribution < -0.4 is 4.74 Å². The van der Waals surface area contributed by atoms with Gasteiger partial charge in [-0.3, -0.25) is 0 Å². The van der Waals surface area contributed by atoms with Gasteiger partial charge in [0.05, 0.1) is 6.61 Å². The first-order valence-corrected chi connectivity index (χ1v) is 6.92. The molecule has 0 aliphatic rings. The highest BCUT2D eigenvalue weighted by molar-refractivity contribution is 9.10. The summed E-state index contributed by atoms with van der Waals surface area (Å²) in [4.78, 5) is 0. The van der Waals surface area contributed by atoms with Gasteiger partial charge in [-0.1, -0.05) is 48.5 Å². The number of hydrogen-bond donors (Lipinski definition) is 0. The maximum absolute atomic E-state index is 5.75. The first-order valence-electron chi connectivity index (χ1n) is 6.13. The van der Waals surface area contributed by atoms with Crippen molar-refractivity contribution in [1.29, 1.82) is 0 Å². The molecule has 0 aromatic heterocycles. The summed E-state index contributed by atoms with van der Waals surface area (Å²) in [5.41, 5.74) is 1.20. The average Bonchev–Trinajstić information content (AvgIpc) is 2.26. The molecule has 1 aromatic rings. The Labute approximate surface area is 107 Å². The van der Waals surface area contributed by atoms with Crippen LogP contribution in [0.4, 0.5) is 0 Å². The maximum atomic E-state index is 5.75. The lowest BCUT2D eigenvalue weighted by Gasteiger charge is -2.09. The minimum atomic E-state index is 0.839. The van der Waals surface area contributed by atoms with Crippen LogP contribution in [0.25, 0.3) is 0 Å². The minimum Gasteiger partial charge on any atom is -0.493 e. The van der Waals surface area contributed by atoms with Crippen LogP contribution in [0.5, 0.6) is 5.75 Å². The third-order valence-corrected chi connectivity index (χ3v) is 3.14. The van der Waals surface area contributed by atoms with E-state index in [9.17, 15) is 0 Å². The SMILES string of the molecule is CCCCCCCOc1ccc(Br)cc1C. The van der Waals surface area contributed by atoms with Crippen molar-refractivity contribution in [3.63, 3.8) is 0 Å². The highest BCUT2D eigenvalue weighted by Gasteiger charge is 1.99. The molecule has 0 unspecified atom stereocenters. The van der Waals surface area contributed by atoms with E-state index in [1.54, 1.807) is 0 Å². The molecule has 0 N–H and O–H groups in total. The van der Waals surface area contributed by atoms with E-state index in [2.05, 4.69) is 35.8 Å². The fraction of sp³-hybridized carbons (Fsp3) is 0.571. The van der Waals surface area contributed by atoms with Crippen molar-refractivity contribution in [2.75, 3.05) is 6.61 Å². The summed E-state index contributed by atoms with van der Waals surface area (Å²) >= 11 is 3.45. The molecule has 0 radical (unpaired) electrons. The Morgan fingerprint density at radius 1 is 1.12 bits per heavy atom. The summed E-state index contributed by atoms with van der Waals surface area (Å²) in [6.07, 6.45) is 6.42. The second-order valence-corrected chi connectivity index (χ2v) is 5.09.